The van der Waals surface area contributed by atoms with E-state index >= 15 is 0 Å². The Hall–Kier alpha value is -0.730. The van der Waals surface area contributed by atoms with Crippen molar-refractivity contribution in [3.63, 3.8) is 0 Å². The maximum absolute atomic E-state index is 9.84. The van der Waals surface area contributed by atoms with Crippen LogP contribution in [0, 0.1) is 0 Å². The molecule has 3 heteroatoms. The molecular formula is C11H15ClO2. The number of hydrogen-bond donors (Lipinski definition) is 2. The van der Waals surface area contributed by atoms with Gasteiger partial charge in [0.05, 0.1) is 6.10 Å². The van der Waals surface area contributed by atoms with E-state index in [-0.39, 0.29) is 11.7 Å². The standard InChI is InChI=1S/C11H15ClO2/c1-6(2)9-4-8(12)5-10(7(3)13)11(9)14/h4-7,13-14H,1-3H3. The first-order chi connectivity index (χ1) is 6.43. The highest BCUT2D eigenvalue weighted by molar-refractivity contribution is 6.30. The molecular weight excluding hydrogens is 200 g/mol. The molecule has 2 N–H and O–H groups in total. The topological polar surface area (TPSA) is 40.5 Å². The molecule has 0 aliphatic rings. The minimum Gasteiger partial charge on any atom is -0.507 e. The van der Waals surface area contributed by atoms with Crippen molar-refractivity contribution in [1.82, 2.24) is 0 Å². The van der Waals surface area contributed by atoms with Crippen molar-refractivity contribution in [2.75, 3.05) is 0 Å². The van der Waals surface area contributed by atoms with Gasteiger partial charge >= 0.3 is 0 Å². The van der Waals surface area contributed by atoms with Crippen molar-refractivity contribution in [3.8, 4) is 5.75 Å². The molecule has 0 aliphatic carbocycles. The van der Waals surface area contributed by atoms with Gasteiger partial charge < -0.3 is 10.2 Å². The van der Waals surface area contributed by atoms with E-state index in [1.807, 2.05) is 13.8 Å². The molecule has 0 saturated carbocycles. The van der Waals surface area contributed by atoms with Crippen LogP contribution in [-0.2, 0) is 0 Å². The van der Waals surface area contributed by atoms with E-state index in [1.165, 1.54) is 0 Å². The SMILES string of the molecule is CC(C)c1cc(Cl)cc(C(C)O)c1O. The van der Waals surface area contributed by atoms with Gasteiger partial charge in [-0.3, -0.25) is 0 Å². The summed E-state index contributed by atoms with van der Waals surface area (Å²) in [6, 6.07) is 3.32. The number of aliphatic hydroxyl groups is 1. The lowest BCUT2D eigenvalue weighted by molar-refractivity contribution is 0.194. The molecule has 0 amide bonds. The fourth-order valence-electron chi connectivity index (χ4n) is 1.40. The largest absolute Gasteiger partial charge is 0.507 e. The lowest BCUT2D eigenvalue weighted by Gasteiger charge is -2.14. The van der Waals surface area contributed by atoms with Crippen LogP contribution in [-0.4, -0.2) is 10.2 Å². The van der Waals surface area contributed by atoms with E-state index in [9.17, 15) is 10.2 Å². The van der Waals surface area contributed by atoms with Crippen molar-refractivity contribution in [3.05, 3.63) is 28.3 Å². The average molecular weight is 215 g/mol. The molecule has 0 fully saturated rings. The van der Waals surface area contributed by atoms with Crippen LogP contribution in [0.4, 0.5) is 0 Å². The van der Waals surface area contributed by atoms with Gasteiger partial charge in [-0.15, -0.1) is 0 Å². The molecule has 0 bridgehead atoms. The summed E-state index contributed by atoms with van der Waals surface area (Å²) >= 11 is 5.89. The van der Waals surface area contributed by atoms with E-state index in [2.05, 4.69) is 0 Å². The van der Waals surface area contributed by atoms with Crippen LogP contribution in [0.25, 0.3) is 0 Å². The van der Waals surface area contributed by atoms with Crippen LogP contribution < -0.4 is 0 Å². The molecule has 0 aromatic heterocycles. The number of hydrogen-bond acceptors (Lipinski definition) is 2. The smallest absolute Gasteiger partial charge is 0.124 e. The van der Waals surface area contributed by atoms with Gasteiger partial charge in [-0.2, -0.15) is 0 Å². The first kappa shape index (κ1) is 11.3. The van der Waals surface area contributed by atoms with Crippen molar-refractivity contribution < 1.29 is 10.2 Å². The molecule has 1 aromatic rings. The molecule has 1 unspecified atom stereocenters. The molecule has 0 saturated heterocycles. The van der Waals surface area contributed by atoms with Crippen molar-refractivity contribution in [2.24, 2.45) is 0 Å². The maximum atomic E-state index is 9.84. The summed E-state index contributed by atoms with van der Waals surface area (Å²) in [6.45, 7) is 5.55. The van der Waals surface area contributed by atoms with Gasteiger partial charge in [-0.1, -0.05) is 25.4 Å². The number of benzene rings is 1. The minimum atomic E-state index is -0.703. The first-order valence-corrected chi connectivity index (χ1v) is 5.01. The molecule has 0 radical (unpaired) electrons. The zero-order chi connectivity index (χ0) is 10.9. The summed E-state index contributed by atoms with van der Waals surface area (Å²) in [6.07, 6.45) is -0.703. The van der Waals surface area contributed by atoms with Gasteiger partial charge in [-0.05, 0) is 30.5 Å². The van der Waals surface area contributed by atoms with Gasteiger partial charge in [0.15, 0.2) is 0 Å². The molecule has 0 spiro atoms. The number of phenolic OH excluding ortho intramolecular Hbond substituents is 1. The predicted molar refractivity (Wildman–Crippen MR) is 57.8 cm³/mol. The summed E-state index contributed by atoms with van der Waals surface area (Å²) in [7, 11) is 0. The van der Waals surface area contributed by atoms with E-state index < -0.39 is 6.10 Å². The molecule has 78 valence electrons. The Morgan fingerprint density at radius 1 is 1.14 bits per heavy atom. The Kier molecular flexibility index (Phi) is 3.40. The van der Waals surface area contributed by atoms with Crippen LogP contribution in [0.15, 0.2) is 12.1 Å². The number of aromatic hydroxyl groups is 1. The fourth-order valence-corrected chi connectivity index (χ4v) is 1.64. The van der Waals surface area contributed by atoms with Gasteiger partial charge in [0.25, 0.3) is 0 Å². The third-order valence-corrected chi connectivity index (χ3v) is 2.42. The zero-order valence-electron chi connectivity index (χ0n) is 8.58. The zero-order valence-corrected chi connectivity index (χ0v) is 9.34. The van der Waals surface area contributed by atoms with E-state index in [4.69, 9.17) is 11.6 Å². The maximum Gasteiger partial charge on any atom is 0.124 e. The normalized spacial score (nSPS) is 13.3. The first-order valence-electron chi connectivity index (χ1n) is 4.63. The van der Waals surface area contributed by atoms with Crippen LogP contribution in [0.1, 0.15) is 43.9 Å². The average Bonchev–Trinajstić information content (AvgIpc) is 2.07. The summed E-state index contributed by atoms with van der Waals surface area (Å²) < 4.78 is 0. The molecule has 1 atom stereocenters. The second-order valence-electron chi connectivity index (χ2n) is 3.76. The monoisotopic (exact) mass is 214 g/mol. The van der Waals surface area contributed by atoms with Crippen LogP contribution in [0.2, 0.25) is 5.02 Å². The number of aliphatic hydroxyl groups excluding tert-OH is 1. The van der Waals surface area contributed by atoms with Gasteiger partial charge in [0.1, 0.15) is 5.75 Å². The third kappa shape index (κ3) is 2.20. The Labute approximate surface area is 89.1 Å². The Balaban J connectivity index is 3.32. The molecule has 1 rings (SSSR count). The highest BCUT2D eigenvalue weighted by Crippen LogP contribution is 2.35. The van der Waals surface area contributed by atoms with E-state index in [1.54, 1.807) is 19.1 Å². The Morgan fingerprint density at radius 2 is 1.64 bits per heavy atom. The summed E-state index contributed by atoms with van der Waals surface area (Å²) in [5.41, 5.74) is 1.26. The predicted octanol–water partition coefficient (Wildman–Crippen LogP) is 3.22. The number of phenols is 1. The molecule has 2 nitrogen and oxygen atoms in total. The number of halogens is 1. The van der Waals surface area contributed by atoms with Gasteiger partial charge in [0, 0.05) is 10.6 Å². The van der Waals surface area contributed by atoms with E-state index in [0.29, 0.717) is 10.6 Å². The van der Waals surface area contributed by atoms with Gasteiger partial charge in [-0.25, -0.2) is 0 Å². The van der Waals surface area contributed by atoms with Crippen molar-refractivity contribution >= 4 is 11.6 Å². The Morgan fingerprint density at radius 3 is 2.07 bits per heavy atom. The molecule has 14 heavy (non-hydrogen) atoms. The lowest BCUT2D eigenvalue weighted by atomic mass is 9.97. The fraction of sp³-hybridized carbons (Fsp3) is 0.455. The van der Waals surface area contributed by atoms with Gasteiger partial charge in [0.2, 0.25) is 0 Å². The number of rotatable bonds is 2. The summed E-state index contributed by atoms with van der Waals surface area (Å²) in [5, 5.41) is 19.8. The quantitative estimate of drug-likeness (QED) is 0.794. The highest BCUT2D eigenvalue weighted by Gasteiger charge is 2.14. The third-order valence-electron chi connectivity index (χ3n) is 2.21. The Bertz CT molecular complexity index is 303. The van der Waals surface area contributed by atoms with Crippen molar-refractivity contribution in [1.29, 1.82) is 0 Å². The highest BCUT2D eigenvalue weighted by atomic mass is 35.5. The summed E-state index contributed by atoms with van der Waals surface area (Å²) in [4.78, 5) is 0. The molecule has 0 aliphatic heterocycles. The van der Waals surface area contributed by atoms with Crippen LogP contribution >= 0.6 is 11.6 Å². The van der Waals surface area contributed by atoms with Crippen LogP contribution in [0.3, 0.4) is 0 Å². The minimum absolute atomic E-state index is 0.152. The second kappa shape index (κ2) is 4.20. The van der Waals surface area contributed by atoms with Crippen LogP contribution in [0.5, 0.6) is 5.75 Å². The molecule has 0 heterocycles. The second-order valence-corrected chi connectivity index (χ2v) is 4.20. The summed E-state index contributed by atoms with van der Waals surface area (Å²) in [5.74, 6) is 0.339. The van der Waals surface area contributed by atoms with Crippen molar-refractivity contribution in [2.45, 2.75) is 32.8 Å². The van der Waals surface area contributed by atoms with E-state index in [0.717, 1.165) is 5.56 Å². The lowest BCUT2D eigenvalue weighted by Crippen LogP contribution is -1.97. The molecule has 1 aromatic carbocycles.